The van der Waals surface area contributed by atoms with E-state index >= 15 is 0 Å². The molecule has 0 atom stereocenters. The molecule has 128 valence electrons. The van der Waals surface area contributed by atoms with Crippen molar-refractivity contribution < 1.29 is 9.47 Å². The average Bonchev–Trinajstić information content (AvgIpc) is 2.65. The Morgan fingerprint density at radius 2 is 1.36 bits per heavy atom. The standard InChI is InChI=1S/C19H18N2O2S2/c24-14-20-12-16(13-21-15-25)10-11-22-17-6-8-19(9-7-17)23-18-4-2-1-3-5-18/h1-9,16H,10-13H2. The first-order valence-corrected chi connectivity index (χ1v) is 8.66. The van der Waals surface area contributed by atoms with E-state index in [4.69, 9.17) is 9.47 Å². The van der Waals surface area contributed by atoms with Crippen LogP contribution in [0.15, 0.2) is 64.6 Å². The van der Waals surface area contributed by atoms with E-state index in [0.29, 0.717) is 19.7 Å². The zero-order valence-electron chi connectivity index (χ0n) is 13.6. The molecule has 0 aromatic heterocycles. The highest BCUT2D eigenvalue weighted by Gasteiger charge is 2.08. The van der Waals surface area contributed by atoms with E-state index in [1.165, 1.54) is 0 Å². The molecule has 0 N–H and O–H groups in total. The van der Waals surface area contributed by atoms with Gasteiger partial charge < -0.3 is 9.47 Å². The molecule has 0 unspecified atom stereocenters. The van der Waals surface area contributed by atoms with Gasteiger partial charge >= 0.3 is 0 Å². The fraction of sp³-hybridized carbons (Fsp3) is 0.263. The van der Waals surface area contributed by atoms with Crippen molar-refractivity contribution in [1.82, 2.24) is 0 Å². The fourth-order valence-electron chi connectivity index (χ4n) is 2.15. The maximum Gasteiger partial charge on any atom is 0.127 e. The Bertz CT molecular complexity index is 718. The molecule has 0 aliphatic heterocycles. The van der Waals surface area contributed by atoms with Crippen molar-refractivity contribution in [2.75, 3.05) is 19.7 Å². The number of rotatable bonds is 10. The summed E-state index contributed by atoms with van der Waals surface area (Å²) in [7, 11) is 0. The van der Waals surface area contributed by atoms with Crippen molar-refractivity contribution in [2.24, 2.45) is 15.9 Å². The molecule has 2 rings (SSSR count). The first-order valence-electron chi connectivity index (χ1n) is 7.85. The predicted octanol–water partition coefficient (Wildman–Crippen LogP) is 5.07. The lowest BCUT2D eigenvalue weighted by molar-refractivity contribution is 0.282. The third-order valence-electron chi connectivity index (χ3n) is 3.43. The van der Waals surface area contributed by atoms with Crippen LogP contribution in [0, 0.1) is 5.92 Å². The monoisotopic (exact) mass is 370 g/mol. The number of isothiocyanates is 2. The molecule has 4 nitrogen and oxygen atoms in total. The summed E-state index contributed by atoms with van der Waals surface area (Å²) in [6.07, 6.45) is 0.795. The van der Waals surface area contributed by atoms with Gasteiger partial charge in [-0.1, -0.05) is 18.2 Å². The predicted molar refractivity (Wildman–Crippen MR) is 106 cm³/mol. The summed E-state index contributed by atoms with van der Waals surface area (Å²) in [5.41, 5.74) is 0. The van der Waals surface area contributed by atoms with Gasteiger partial charge in [-0.3, -0.25) is 0 Å². The largest absolute Gasteiger partial charge is 0.494 e. The summed E-state index contributed by atoms with van der Waals surface area (Å²) in [4.78, 5) is 7.95. The van der Waals surface area contributed by atoms with Crippen LogP contribution in [0.1, 0.15) is 6.42 Å². The van der Waals surface area contributed by atoms with E-state index in [1.54, 1.807) is 0 Å². The SMILES string of the molecule is S=C=NCC(CCOc1ccc(Oc2ccccc2)cc1)CN=C=S. The zero-order valence-corrected chi connectivity index (χ0v) is 15.3. The molecule has 2 aromatic rings. The Morgan fingerprint density at radius 1 is 0.800 bits per heavy atom. The molecule has 0 saturated heterocycles. The van der Waals surface area contributed by atoms with Crippen LogP contribution in [0.4, 0.5) is 0 Å². The minimum Gasteiger partial charge on any atom is -0.494 e. The molecule has 6 heteroatoms. The number of para-hydroxylation sites is 1. The molecule has 0 saturated carbocycles. The minimum absolute atomic E-state index is 0.214. The Kier molecular flexibility index (Phi) is 8.53. The quantitative estimate of drug-likeness (QED) is 0.433. The average molecular weight is 370 g/mol. The van der Waals surface area contributed by atoms with Crippen LogP contribution in [0.3, 0.4) is 0 Å². The first-order chi connectivity index (χ1) is 12.3. The second kappa shape index (κ2) is 11.2. The number of nitrogens with zero attached hydrogens (tertiary/aromatic N) is 2. The van der Waals surface area contributed by atoms with Crippen LogP contribution < -0.4 is 9.47 Å². The number of hydrogen-bond acceptors (Lipinski definition) is 6. The minimum atomic E-state index is 0.214. The van der Waals surface area contributed by atoms with E-state index < -0.39 is 0 Å². The molecule has 0 aliphatic rings. The van der Waals surface area contributed by atoms with Crippen LogP contribution in [0.2, 0.25) is 0 Å². The van der Waals surface area contributed by atoms with Gasteiger partial charge in [0.25, 0.3) is 0 Å². The summed E-state index contributed by atoms with van der Waals surface area (Å²) < 4.78 is 11.5. The van der Waals surface area contributed by atoms with Gasteiger partial charge in [-0.15, -0.1) is 0 Å². The normalized spacial score (nSPS) is 10.9. The Morgan fingerprint density at radius 3 is 1.96 bits per heavy atom. The van der Waals surface area contributed by atoms with Crippen molar-refractivity contribution in [3.63, 3.8) is 0 Å². The highest BCUT2D eigenvalue weighted by atomic mass is 32.1. The van der Waals surface area contributed by atoms with Crippen molar-refractivity contribution in [2.45, 2.75) is 6.42 Å². The molecule has 0 amide bonds. The topological polar surface area (TPSA) is 43.2 Å². The Balaban J connectivity index is 1.81. The number of aliphatic imine (C=N–C) groups is 2. The van der Waals surface area contributed by atoms with E-state index in [9.17, 15) is 0 Å². The van der Waals surface area contributed by atoms with Gasteiger partial charge in [0.05, 0.1) is 30.0 Å². The Hall–Kier alpha value is -2.36. The van der Waals surface area contributed by atoms with Crippen molar-refractivity contribution >= 4 is 34.8 Å². The zero-order chi connectivity index (χ0) is 17.7. The smallest absolute Gasteiger partial charge is 0.127 e. The van der Waals surface area contributed by atoms with E-state index in [-0.39, 0.29) is 5.92 Å². The molecule has 0 bridgehead atoms. The Labute approximate surface area is 158 Å². The van der Waals surface area contributed by atoms with Gasteiger partial charge in [0, 0.05) is 5.92 Å². The van der Waals surface area contributed by atoms with Crippen LogP contribution in [0.25, 0.3) is 0 Å². The number of hydrogen-bond donors (Lipinski definition) is 0. The third-order valence-corrected chi connectivity index (χ3v) is 3.68. The summed E-state index contributed by atoms with van der Waals surface area (Å²) >= 11 is 9.21. The molecule has 0 aliphatic carbocycles. The lowest BCUT2D eigenvalue weighted by Crippen LogP contribution is -2.13. The van der Waals surface area contributed by atoms with Crippen LogP contribution in [0.5, 0.6) is 17.2 Å². The highest BCUT2D eigenvalue weighted by molar-refractivity contribution is 7.78. The molecule has 2 aromatic carbocycles. The molecule has 0 spiro atoms. The summed E-state index contributed by atoms with van der Waals surface area (Å²) in [6.45, 7) is 1.69. The highest BCUT2D eigenvalue weighted by Crippen LogP contribution is 2.23. The second-order valence-electron chi connectivity index (χ2n) is 5.25. The van der Waals surface area contributed by atoms with Gasteiger partial charge in [0.2, 0.25) is 0 Å². The molecule has 0 fully saturated rings. The molecule has 0 heterocycles. The van der Waals surface area contributed by atoms with Gasteiger partial charge in [0.15, 0.2) is 0 Å². The summed E-state index contributed by atoms with van der Waals surface area (Å²) in [5, 5.41) is 4.75. The maximum atomic E-state index is 5.77. The number of thiocarbonyl (C=S) groups is 2. The molecule has 25 heavy (non-hydrogen) atoms. The number of benzene rings is 2. The van der Waals surface area contributed by atoms with Gasteiger partial charge in [-0.2, -0.15) is 0 Å². The van der Waals surface area contributed by atoms with Crippen LogP contribution in [-0.4, -0.2) is 30.0 Å². The molecule has 0 radical (unpaired) electrons. The second-order valence-corrected chi connectivity index (χ2v) is 5.62. The van der Waals surface area contributed by atoms with Gasteiger partial charge in [-0.25, -0.2) is 9.98 Å². The van der Waals surface area contributed by atoms with Gasteiger partial charge in [0.1, 0.15) is 17.2 Å². The first kappa shape index (κ1) is 19.0. The van der Waals surface area contributed by atoms with E-state index in [1.807, 2.05) is 54.6 Å². The van der Waals surface area contributed by atoms with Crippen molar-refractivity contribution in [3.05, 3.63) is 54.6 Å². The summed E-state index contributed by atoms with van der Waals surface area (Å²) in [5.74, 6) is 2.57. The fourth-order valence-corrected chi connectivity index (χ4v) is 2.29. The number of ether oxygens (including phenoxy) is 2. The van der Waals surface area contributed by atoms with E-state index in [0.717, 1.165) is 23.7 Å². The van der Waals surface area contributed by atoms with Crippen LogP contribution in [-0.2, 0) is 0 Å². The lowest BCUT2D eigenvalue weighted by Gasteiger charge is -2.12. The summed E-state index contributed by atoms with van der Waals surface area (Å²) in [6, 6.07) is 17.2. The van der Waals surface area contributed by atoms with Crippen molar-refractivity contribution in [1.29, 1.82) is 0 Å². The molecular formula is C19H18N2O2S2. The van der Waals surface area contributed by atoms with E-state index in [2.05, 4.69) is 44.7 Å². The van der Waals surface area contributed by atoms with Crippen LogP contribution >= 0.6 is 24.4 Å². The lowest BCUT2D eigenvalue weighted by atomic mass is 10.1. The third kappa shape index (κ3) is 7.38. The maximum absolute atomic E-state index is 5.77. The van der Waals surface area contributed by atoms with Gasteiger partial charge in [-0.05, 0) is 67.3 Å². The van der Waals surface area contributed by atoms with Crippen molar-refractivity contribution in [3.8, 4) is 17.2 Å². The molecular weight excluding hydrogens is 352 g/mol.